The third-order valence-electron chi connectivity index (χ3n) is 2.19. The lowest BCUT2D eigenvalue weighted by Gasteiger charge is -2.28. The van der Waals surface area contributed by atoms with Crippen LogP contribution in [0.4, 0.5) is 5.69 Å². The third kappa shape index (κ3) is 1.98. The van der Waals surface area contributed by atoms with E-state index in [2.05, 4.69) is 15.9 Å². The van der Waals surface area contributed by atoms with Gasteiger partial charge < -0.3 is 14.7 Å². The fourth-order valence-corrected chi connectivity index (χ4v) is 1.87. The maximum Gasteiger partial charge on any atom is 0.265 e. The molecule has 1 heterocycles. The highest BCUT2D eigenvalue weighted by Crippen LogP contribution is 2.34. The molecule has 0 bridgehead atoms. The van der Waals surface area contributed by atoms with E-state index < -0.39 is 0 Å². The normalized spacial score (nSPS) is 14.8. The zero-order chi connectivity index (χ0) is 10.8. The van der Waals surface area contributed by atoms with Crippen LogP contribution >= 0.6 is 15.9 Å². The number of anilines is 1. The summed E-state index contributed by atoms with van der Waals surface area (Å²) in [7, 11) is 0. The van der Waals surface area contributed by atoms with Crippen molar-refractivity contribution in [3.63, 3.8) is 0 Å². The van der Waals surface area contributed by atoms with E-state index in [4.69, 9.17) is 9.84 Å². The molecule has 80 valence electrons. The van der Waals surface area contributed by atoms with Crippen molar-refractivity contribution in [1.29, 1.82) is 0 Å². The molecule has 1 aromatic carbocycles. The van der Waals surface area contributed by atoms with Gasteiger partial charge in [0.25, 0.3) is 5.91 Å². The standard InChI is InChI=1S/C10H10BrNO3/c11-7-1-2-9-8(5-7)12(3-4-13)10(14)6-15-9/h1-2,5,13H,3-4,6H2. The Hall–Kier alpha value is -1.07. The predicted molar refractivity (Wildman–Crippen MR) is 59.1 cm³/mol. The first-order chi connectivity index (χ1) is 7.22. The van der Waals surface area contributed by atoms with Gasteiger partial charge in [0.15, 0.2) is 6.61 Å². The van der Waals surface area contributed by atoms with Gasteiger partial charge in [-0.3, -0.25) is 4.79 Å². The Morgan fingerprint density at radius 3 is 3.07 bits per heavy atom. The number of fused-ring (bicyclic) bond motifs is 1. The Balaban J connectivity index is 2.41. The molecule has 15 heavy (non-hydrogen) atoms. The number of rotatable bonds is 2. The van der Waals surface area contributed by atoms with Gasteiger partial charge in [-0.2, -0.15) is 0 Å². The van der Waals surface area contributed by atoms with Crippen LogP contribution in [0, 0.1) is 0 Å². The summed E-state index contributed by atoms with van der Waals surface area (Å²) >= 11 is 3.33. The van der Waals surface area contributed by atoms with E-state index in [0.29, 0.717) is 18.0 Å². The molecule has 0 atom stereocenters. The molecule has 0 unspecified atom stereocenters. The molecule has 2 rings (SSSR count). The molecule has 0 aliphatic carbocycles. The van der Waals surface area contributed by atoms with E-state index in [1.165, 1.54) is 4.90 Å². The highest BCUT2D eigenvalue weighted by molar-refractivity contribution is 9.10. The van der Waals surface area contributed by atoms with Crippen molar-refractivity contribution in [3.8, 4) is 5.75 Å². The van der Waals surface area contributed by atoms with E-state index in [1.54, 1.807) is 6.07 Å². The number of aliphatic hydroxyl groups is 1. The van der Waals surface area contributed by atoms with Gasteiger partial charge in [-0.1, -0.05) is 15.9 Å². The number of nitrogens with zero attached hydrogens (tertiary/aromatic N) is 1. The minimum atomic E-state index is -0.130. The van der Waals surface area contributed by atoms with Gasteiger partial charge >= 0.3 is 0 Å². The number of halogens is 1. The Kier molecular flexibility index (Phi) is 2.93. The second-order valence-corrected chi connectivity index (χ2v) is 4.09. The van der Waals surface area contributed by atoms with Crippen LogP contribution < -0.4 is 9.64 Å². The van der Waals surface area contributed by atoms with Crippen LogP contribution in [0.1, 0.15) is 0 Å². The molecular weight excluding hydrogens is 262 g/mol. The summed E-state index contributed by atoms with van der Waals surface area (Å²) in [4.78, 5) is 13.1. The maximum absolute atomic E-state index is 11.5. The van der Waals surface area contributed by atoms with E-state index in [9.17, 15) is 4.79 Å². The lowest BCUT2D eigenvalue weighted by atomic mass is 10.2. The summed E-state index contributed by atoms with van der Waals surface area (Å²) in [6.07, 6.45) is 0. The molecule has 1 N–H and O–H groups in total. The van der Waals surface area contributed by atoms with Crippen LogP contribution in [0.5, 0.6) is 5.75 Å². The van der Waals surface area contributed by atoms with E-state index in [-0.39, 0.29) is 19.1 Å². The summed E-state index contributed by atoms with van der Waals surface area (Å²) in [5.41, 5.74) is 0.703. The first-order valence-electron chi connectivity index (χ1n) is 4.56. The molecule has 0 spiro atoms. The summed E-state index contributed by atoms with van der Waals surface area (Å²) in [5.74, 6) is 0.543. The molecule has 4 nitrogen and oxygen atoms in total. The largest absolute Gasteiger partial charge is 0.482 e. The summed E-state index contributed by atoms with van der Waals surface area (Å²) in [5, 5.41) is 8.88. The highest BCUT2D eigenvalue weighted by atomic mass is 79.9. The number of hydrogen-bond acceptors (Lipinski definition) is 3. The molecule has 1 aliphatic heterocycles. The molecule has 0 saturated carbocycles. The monoisotopic (exact) mass is 271 g/mol. The SMILES string of the molecule is O=C1COc2ccc(Br)cc2N1CCO. The van der Waals surface area contributed by atoms with Gasteiger partial charge in [0.2, 0.25) is 0 Å². The highest BCUT2D eigenvalue weighted by Gasteiger charge is 2.24. The van der Waals surface area contributed by atoms with Crippen LogP contribution in [0.15, 0.2) is 22.7 Å². The molecule has 0 fully saturated rings. The molecule has 5 heteroatoms. The second kappa shape index (κ2) is 4.20. The molecule has 1 aliphatic rings. The lowest BCUT2D eigenvalue weighted by molar-refractivity contribution is -0.121. The van der Waals surface area contributed by atoms with Gasteiger partial charge in [0.1, 0.15) is 5.75 Å². The second-order valence-electron chi connectivity index (χ2n) is 3.17. The summed E-state index contributed by atoms with van der Waals surface area (Å²) in [6, 6.07) is 5.46. The van der Waals surface area contributed by atoms with Gasteiger partial charge in [0.05, 0.1) is 12.3 Å². The van der Waals surface area contributed by atoms with Crippen molar-refractivity contribution in [3.05, 3.63) is 22.7 Å². The van der Waals surface area contributed by atoms with Crippen LogP contribution in [0.2, 0.25) is 0 Å². The number of hydrogen-bond donors (Lipinski definition) is 1. The lowest BCUT2D eigenvalue weighted by Crippen LogP contribution is -2.40. The van der Waals surface area contributed by atoms with Crippen LogP contribution in [-0.2, 0) is 4.79 Å². The van der Waals surface area contributed by atoms with Gasteiger partial charge in [-0.15, -0.1) is 0 Å². The third-order valence-corrected chi connectivity index (χ3v) is 2.68. The molecule has 1 aromatic rings. The molecular formula is C10H10BrNO3. The minimum Gasteiger partial charge on any atom is -0.482 e. The van der Waals surface area contributed by atoms with Crippen LogP contribution in [-0.4, -0.2) is 30.8 Å². The number of β-amino-alcohol motifs (C(OH)–C–C–N with tert-alkyl or cyclic N) is 1. The van der Waals surface area contributed by atoms with Crippen LogP contribution in [0.25, 0.3) is 0 Å². The van der Waals surface area contributed by atoms with Gasteiger partial charge in [0, 0.05) is 11.0 Å². The van der Waals surface area contributed by atoms with Crippen molar-refractivity contribution in [2.45, 2.75) is 0 Å². The number of aliphatic hydroxyl groups excluding tert-OH is 1. The van der Waals surface area contributed by atoms with E-state index >= 15 is 0 Å². The fourth-order valence-electron chi connectivity index (χ4n) is 1.52. The van der Waals surface area contributed by atoms with E-state index in [0.717, 1.165) is 4.47 Å². The van der Waals surface area contributed by atoms with Crippen molar-refractivity contribution in [2.24, 2.45) is 0 Å². The molecule has 0 aromatic heterocycles. The van der Waals surface area contributed by atoms with Crippen molar-refractivity contribution in [1.82, 2.24) is 0 Å². The first kappa shape index (κ1) is 10.4. The average Bonchev–Trinajstić information content (AvgIpc) is 2.23. The van der Waals surface area contributed by atoms with Crippen molar-refractivity contribution >= 4 is 27.5 Å². The quantitative estimate of drug-likeness (QED) is 0.879. The Morgan fingerprint density at radius 2 is 2.33 bits per heavy atom. The fraction of sp³-hybridized carbons (Fsp3) is 0.300. The molecule has 1 amide bonds. The number of carbonyl (C=O) groups excluding carboxylic acids is 1. The number of benzene rings is 1. The minimum absolute atomic E-state index is 0.0363. The zero-order valence-corrected chi connectivity index (χ0v) is 9.53. The van der Waals surface area contributed by atoms with Crippen molar-refractivity contribution in [2.75, 3.05) is 24.7 Å². The Labute approximate surface area is 95.6 Å². The average molecular weight is 272 g/mol. The topological polar surface area (TPSA) is 49.8 Å². The van der Waals surface area contributed by atoms with Gasteiger partial charge in [-0.05, 0) is 18.2 Å². The summed E-state index contributed by atoms with van der Waals surface area (Å²) in [6.45, 7) is 0.276. The molecule has 0 saturated heterocycles. The summed E-state index contributed by atoms with van der Waals surface area (Å²) < 4.78 is 6.15. The van der Waals surface area contributed by atoms with Crippen molar-refractivity contribution < 1.29 is 14.6 Å². The first-order valence-corrected chi connectivity index (χ1v) is 5.35. The predicted octanol–water partition coefficient (Wildman–Crippen LogP) is 1.17. The van der Waals surface area contributed by atoms with Crippen LogP contribution in [0.3, 0.4) is 0 Å². The van der Waals surface area contributed by atoms with E-state index in [1.807, 2.05) is 12.1 Å². The molecule has 0 radical (unpaired) electrons. The Bertz CT molecular complexity index is 394. The maximum atomic E-state index is 11.5. The zero-order valence-electron chi connectivity index (χ0n) is 7.94. The smallest absolute Gasteiger partial charge is 0.265 e. The van der Waals surface area contributed by atoms with Gasteiger partial charge in [-0.25, -0.2) is 0 Å². The number of amides is 1. The Morgan fingerprint density at radius 1 is 1.53 bits per heavy atom. The number of carbonyl (C=O) groups is 1. The number of ether oxygens (including phenoxy) is 1.